The van der Waals surface area contributed by atoms with E-state index in [-0.39, 0.29) is 12.0 Å². The molecule has 2 rings (SSSR count). The van der Waals surface area contributed by atoms with E-state index in [0.717, 1.165) is 17.7 Å². The molecule has 0 radical (unpaired) electrons. The first-order valence-electron chi connectivity index (χ1n) is 5.53. The molecule has 1 heterocycles. The van der Waals surface area contributed by atoms with Gasteiger partial charge in [-0.3, -0.25) is 4.79 Å². The summed E-state index contributed by atoms with van der Waals surface area (Å²) in [6.45, 7) is 0.644. The number of hydrogen-bond acceptors (Lipinski definition) is 3. The molecule has 92 valence electrons. The maximum absolute atomic E-state index is 11.5. The molecule has 0 aromatic carbocycles. The monoisotopic (exact) mass is 271 g/mol. The van der Waals surface area contributed by atoms with Crippen molar-refractivity contribution in [2.45, 2.75) is 18.9 Å². The summed E-state index contributed by atoms with van der Waals surface area (Å²) in [7, 11) is 0. The second-order valence-electron chi connectivity index (χ2n) is 4.21. The highest BCUT2D eigenvalue weighted by Gasteiger charge is 2.26. The topological polar surface area (TPSA) is 49.3 Å². The highest BCUT2D eigenvalue weighted by Crippen LogP contribution is 2.26. The fourth-order valence-corrected chi connectivity index (χ4v) is 2.71. The van der Waals surface area contributed by atoms with Crippen LogP contribution >= 0.6 is 22.9 Å². The summed E-state index contributed by atoms with van der Waals surface area (Å²) in [6.07, 6.45) is 4.69. The summed E-state index contributed by atoms with van der Waals surface area (Å²) in [5.74, 6) is 0.328. The zero-order valence-corrected chi connectivity index (χ0v) is 10.8. The minimum atomic E-state index is -0.166. The van der Waals surface area contributed by atoms with Gasteiger partial charge in [-0.05, 0) is 37.0 Å². The summed E-state index contributed by atoms with van der Waals surface area (Å²) in [5.41, 5.74) is 0. The van der Waals surface area contributed by atoms with E-state index in [1.807, 2.05) is 6.07 Å². The summed E-state index contributed by atoms with van der Waals surface area (Å²) < 4.78 is 0.716. The van der Waals surface area contributed by atoms with Crippen molar-refractivity contribution in [3.8, 4) is 0 Å². The number of aliphatic hydroxyl groups is 1. The predicted molar refractivity (Wildman–Crippen MR) is 70.1 cm³/mol. The lowest BCUT2D eigenvalue weighted by molar-refractivity contribution is -0.117. The molecule has 3 nitrogen and oxygen atoms in total. The van der Waals surface area contributed by atoms with Gasteiger partial charge in [0.25, 0.3) is 0 Å². The summed E-state index contributed by atoms with van der Waals surface area (Å²) >= 11 is 7.21. The Balaban J connectivity index is 1.71. The molecule has 1 saturated carbocycles. The molecule has 5 heteroatoms. The first-order valence-corrected chi connectivity index (χ1v) is 6.72. The zero-order chi connectivity index (χ0) is 12.3. The average molecular weight is 272 g/mol. The molecule has 0 bridgehead atoms. The van der Waals surface area contributed by atoms with Crippen LogP contribution in [0.1, 0.15) is 17.7 Å². The van der Waals surface area contributed by atoms with Crippen LogP contribution in [-0.2, 0) is 4.79 Å². The Morgan fingerprint density at radius 2 is 2.35 bits per heavy atom. The first kappa shape index (κ1) is 12.6. The van der Waals surface area contributed by atoms with E-state index in [4.69, 9.17) is 16.7 Å². The second kappa shape index (κ2) is 5.67. The van der Waals surface area contributed by atoms with Crippen LogP contribution in [0.25, 0.3) is 6.08 Å². The molecule has 1 aromatic rings. The van der Waals surface area contributed by atoms with Crippen LogP contribution in [0.5, 0.6) is 0 Å². The van der Waals surface area contributed by atoms with Gasteiger partial charge in [-0.2, -0.15) is 0 Å². The fraction of sp³-hybridized carbons (Fsp3) is 0.417. The van der Waals surface area contributed by atoms with Gasteiger partial charge in [0.05, 0.1) is 10.4 Å². The fourth-order valence-electron chi connectivity index (χ4n) is 1.75. The van der Waals surface area contributed by atoms with Crippen molar-refractivity contribution in [1.82, 2.24) is 5.32 Å². The third-order valence-corrected chi connectivity index (χ3v) is 3.97. The van der Waals surface area contributed by atoms with E-state index in [9.17, 15) is 4.79 Å². The van der Waals surface area contributed by atoms with Crippen LogP contribution < -0.4 is 5.32 Å². The average Bonchev–Trinajstić information content (AvgIpc) is 2.66. The molecular weight excluding hydrogens is 258 g/mol. The summed E-state index contributed by atoms with van der Waals surface area (Å²) in [5, 5.41) is 11.9. The van der Waals surface area contributed by atoms with E-state index in [1.165, 1.54) is 17.4 Å². The Labute approximate surface area is 109 Å². The Bertz CT molecular complexity index is 424. The molecule has 1 aliphatic rings. The SMILES string of the molecule is O=C(C=Cc1ccc(Cl)s1)NCC1CC(O)C1. The zero-order valence-electron chi connectivity index (χ0n) is 9.23. The molecule has 1 aromatic heterocycles. The van der Waals surface area contributed by atoms with Crippen molar-refractivity contribution in [3.05, 3.63) is 27.4 Å². The lowest BCUT2D eigenvalue weighted by atomic mass is 9.82. The van der Waals surface area contributed by atoms with Crippen LogP contribution in [0.2, 0.25) is 4.34 Å². The van der Waals surface area contributed by atoms with Gasteiger partial charge in [-0.1, -0.05) is 11.6 Å². The molecule has 0 saturated heterocycles. The third-order valence-electron chi connectivity index (χ3n) is 2.77. The second-order valence-corrected chi connectivity index (χ2v) is 5.96. The Hall–Kier alpha value is -0.840. The van der Waals surface area contributed by atoms with Gasteiger partial charge < -0.3 is 10.4 Å². The van der Waals surface area contributed by atoms with Gasteiger partial charge >= 0.3 is 0 Å². The number of halogens is 1. The van der Waals surface area contributed by atoms with Crippen LogP contribution in [-0.4, -0.2) is 23.7 Å². The van der Waals surface area contributed by atoms with Crippen molar-refractivity contribution in [3.63, 3.8) is 0 Å². The van der Waals surface area contributed by atoms with Crippen LogP contribution in [0, 0.1) is 5.92 Å². The van der Waals surface area contributed by atoms with Gasteiger partial charge in [0, 0.05) is 17.5 Å². The van der Waals surface area contributed by atoms with Crippen LogP contribution in [0.15, 0.2) is 18.2 Å². The molecule has 0 spiro atoms. The maximum atomic E-state index is 11.5. The van der Waals surface area contributed by atoms with E-state index >= 15 is 0 Å². The van der Waals surface area contributed by atoms with Crippen LogP contribution in [0.4, 0.5) is 0 Å². The molecular formula is C12H14ClNO2S. The number of amides is 1. The molecule has 0 aliphatic heterocycles. The van der Waals surface area contributed by atoms with Crippen molar-refractivity contribution in [1.29, 1.82) is 0 Å². The molecule has 2 N–H and O–H groups in total. The maximum Gasteiger partial charge on any atom is 0.244 e. The number of nitrogens with one attached hydrogen (secondary N) is 1. The number of thiophene rings is 1. The minimum Gasteiger partial charge on any atom is -0.393 e. The van der Waals surface area contributed by atoms with Crippen molar-refractivity contribution >= 4 is 34.9 Å². The van der Waals surface area contributed by atoms with Crippen molar-refractivity contribution in [2.75, 3.05) is 6.54 Å². The quantitative estimate of drug-likeness (QED) is 0.826. The highest BCUT2D eigenvalue weighted by atomic mass is 35.5. The van der Waals surface area contributed by atoms with E-state index < -0.39 is 0 Å². The molecule has 1 fully saturated rings. The molecule has 0 atom stereocenters. The van der Waals surface area contributed by atoms with Gasteiger partial charge in [0.15, 0.2) is 0 Å². The number of rotatable bonds is 4. The summed E-state index contributed by atoms with van der Waals surface area (Å²) in [4.78, 5) is 12.4. The highest BCUT2D eigenvalue weighted by molar-refractivity contribution is 7.17. The number of hydrogen-bond donors (Lipinski definition) is 2. The van der Waals surface area contributed by atoms with Gasteiger partial charge in [0.1, 0.15) is 0 Å². The predicted octanol–water partition coefficient (Wildman–Crippen LogP) is 2.30. The van der Waals surface area contributed by atoms with Crippen molar-refractivity contribution < 1.29 is 9.90 Å². The van der Waals surface area contributed by atoms with Gasteiger partial charge in [-0.25, -0.2) is 0 Å². The molecule has 17 heavy (non-hydrogen) atoms. The Morgan fingerprint density at radius 3 is 2.94 bits per heavy atom. The first-order chi connectivity index (χ1) is 8.13. The molecule has 1 amide bonds. The third kappa shape index (κ3) is 3.84. The normalized spacial score (nSPS) is 23.6. The van der Waals surface area contributed by atoms with E-state index in [2.05, 4.69) is 5.32 Å². The molecule has 0 unspecified atom stereocenters. The number of aliphatic hydroxyl groups excluding tert-OH is 1. The minimum absolute atomic E-state index is 0.101. The van der Waals surface area contributed by atoms with Crippen LogP contribution in [0.3, 0.4) is 0 Å². The largest absolute Gasteiger partial charge is 0.393 e. The van der Waals surface area contributed by atoms with E-state index in [0.29, 0.717) is 16.8 Å². The lowest BCUT2D eigenvalue weighted by Crippen LogP contribution is -2.37. The molecule has 1 aliphatic carbocycles. The standard InChI is InChI=1S/C12H14ClNO2S/c13-11-3-1-10(17-11)2-4-12(16)14-7-8-5-9(15)6-8/h1-4,8-9,15H,5-7H2,(H,14,16). The number of carbonyl (C=O) groups is 1. The Morgan fingerprint density at radius 1 is 1.59 bits per heavy atom. The summed E-state index contributed by atoms with van der Waals surface area (Å²) in [6, 6.07) is 3.68. The Kier molecular flexibility index (Phi) is 4.20. The lowest BCUT2D eigenvalue weighted by Gasteiger charge is -2.31. The van der Waals surface area contributed by atoms with Gasteiger partial charge in [-0.15, -0.1) is 11.3 Å². The van der Waals surface area contributed by atoms with Crippen molar-refractivity contribution in [2.24, 2.45) is 5.92 Å². The van der Waals surface area contributed by atoms with Gasteiger partial charge in [0.2, 0.25) is 5.91 Å². The van der Waals surface area contributed by atoms with E-state index in [1.54, 1.807) is 12.1 Å². The number of carbonyl (C=O) groups excluding carboxylic acids is 1. The smallest absolute Gasteiger partial charge is 0.244 e.